The van der Waals surface area contributed by atoms with Crippen molar-refractivity contribution in [1.29, 1.82) is 0 Å². The lowest BCUT2D eigenvalue weighted by atomic mass is 9.75. The van der Waals surface area contributed by atoms with E-state index in [4.69, 9.17) is 4.74 Å². The largest absolute Gasteiger partial charge is 0.497 e. The van der Waals surface area contributed by atoms with Gasteiger partial charge in [0.2, 0.25) is 0 Å². The van der Waals surface area contributed by atoms with E-state index in [2.05, 4.69) is 35.0 Å². The number of hydrogen-bond acceptors (Lipinski definition) is 3. The summed E-state index contributed by atoms with van der Waals surface area (Å²) >= 11 is 0. The lowest BCUT2D eigenvalue weighted by Gasteiger charge is -2.49. The Morgan fingerprint density at radius 3 is 2.81 bits per heavy atom. The molecule has 3 aliphatic heterocycles. The molecule has 4 atom stereocenters. The van der Waals surface area contributed by atoms with Gasteiger partial charge in [0.1, 0.15) is 5.75 Å². The molecule has 1 aromatic carbocycles. The van der Waals surface area contributed by atoms with Crippen molar-refractivity contribution in [2.75, 3.05) is 26.7 Å². The van der Waals surface area contributed by atoms with Crippen molar-refractivity contribution in [3.63, 3.8) is 0 Å². The average Bonchev–Trinajstić information content (AvgIpc) is 2.56. The molecule has 3 fully saturated rings. The number of benzene rings is 1. The number of ether oxygens (including phenoxy) is 1. The molecule has 0 aliphatic carbocycles. The number of methoxy groups -OCH3 is 1. The zero-order valence-corrected chi connectivity index (χ0v) is 12.9. The highest BCUT2D eigenvalue weighted by Gasteiger charge is 2.38. The summed E-state index contributed by atoms with van der Waals surface area (Å²) in [7, 11) is 1.70. The highest BCUT2D eigenvalue weighted by molar-refractivity contribution is 5.27. The number of hydrogen-bond donors (Lipinski definition) is 1. The molecule has 0 spiro atoms. The molecule has 4 rings (SSSR count). The van der Waals surface area contributed by atoms with E-state index in [1.165, 1.54) is 31.5 Å². The second-order valence-electron chi connectivity index (χ2n) is 6.31. The maximum atomic E-state index is 5.19. The fourth-order valence-corrected chi connectivity index (χ4v) is 3.79. The van der Waals surface area contributed by atoms with Gasteiger partial charge in [-0.15, -0.1) is 6.58 Å². The van der Waals surface area contributed by atoms with Gasteiger partial charge in [-0.3, -0.25) is 4.90 Å². The van der Waals surface area contributed by atoms with E-state index in [1.807, 2.05) is 12.1 Å². The normalized spacial score (nSPS) is 31.1. The molecule has 3 saturated heterocycles. The van der Waals surface area contributed by atoms with Crippen molar-refractivity contribution in [3.8, 4) is 5.75 Å². The van der Waals surface area contributed by atoms with Crippen LogP contribution in [0.25, 0.3) is 0 Å². The smallest absolute Gasteiger partial charge is 0.118 e. The topological polar surface area (TPSA) is 24.5 Å². The van der Waals surface area contributed by atoms with Crippen LogP contribution in [-0.2, 0) is 6.54 Å². The molecular formula is C18H26N2O. The summed E-state index contributed by atoms with van der Waals surface area (Å²) in [6, 6.07) is 9.02. The van der Waals surface area contributed by atoms with Crippen molar-refractivity contribution in [3.05, 3.63) is 42.5 Å². The zero-order chi connectivity index (χ0) is 14.7. The van der Waals surface area contributed by atoms with Crippen LogP contribution in [0.4, 0.5) is 0 Å². The van der Waals surface area contributed by atoms with Gasteiger partial charge in [-0.2, -0.15) is 0 Å². The van der Waals surface area contributed by atoms with Crippen molar-refractivity contribution in [2.24, 2.45) is 11.8 Å². The van der Waals surface area contributed by atoms with Crippen molar-refractivity contribution in [1.82, 2.24) is 10.2 Å². The van der Waals surface area contributed by atoms with Gasteiger partial charge in [0.05, 0.1) is 7.11 Å². The Hall–Kier alpha value is -1.32. The Balaban J connectivity index is 1.46. The van der Waals surface area contributed by atoms with Gasteiger partial charge in [-0.1, -0.05) is 18.2 Å². The molecule has 1 unspecified atom stereocenters. The van der Waals surface area contributed by atoms with E-state index >= 15 is 0 Å². The average molecular weight is 286 g/mol. The molecule has 3 aliphatic rings. The molecule has 0 aromatic heterocycles. The number of fused-ring (bicyclic) bond motifs is 3. The fourth-order valence-electron chi connectivity index (χ4n) is 3.79. The summed E-state index contributed by atoms with van der Waals surface area (Å²) in [4.78, 5) is 2.65. The van der Waals surface area contributed by atoms with Crippen molar-refractivity contribution >= 4 is 0 Å². The molecule has 0 amide bonds. The van der Waals surface area contributed by atoms with Crippen LogP contribution in [0, 0.1) is 11.8 Å². The summed E-state index contributed by atoms with van der Waals surface area (Å²) < 4.78 is 5.19. The predicted octanol–water partition coefficient (Wildman–Crippen LogP) is 2.68. The first-order valence-corrected chi connectivity index (χ1v) is 8.00. The Morgan fingerprint density at radius 2 is 2.19 bits per heavy atom. The first-order chi connectivity index (χ1) is 10.3. The summed E-state index contributed by atoms with van der Waals surface area (Å²) in [5.74, 6) is 2.50. The van der Waals surface area contributed by atoms with E-state index in [0.29, 0.717) is 6.04 Å². The van der Waals surface area contributed by atoms with Crippen LogP contribution in [-0.4, -0.2) is 37.7 Å². The Kier molecular flexibility index (Phi) is 4.61. The van der Waals surface area contributed by atoms with Crippen LogP contribution in [0.1, 0.15) is 18.4 Å². The Morgan fingerprint density at radius 1 is 1.38 bits per heavy atom. The lowest BCUT2D eigenvalue weighted by Crippen LogP contribution is -2.55. The predicted molar refractivity (Wildman–Crippen MR) is 86.5 cm³/mol. The molecule has 2 bridgehead atoms. The zero-order valence-electron chi connectivity index (χ0n) is 12.9. The van der Waals surface area contributed by atoms with Crippen LogP contribution in [0.15, 0.2) is 36.9 Å². The minimum absolute atomic E-state index is 0.707. The molecule has 114 valence electrons. The number of nitrogens with zero attached hydrogens (tertiary/aromatic N) is 1. The first kappa shape index (κ1) is 14.6. The fraction of sp³-hybridized carbons (Fsp3) is 0.556. The maximum Gasteiger partial charge on any atom is 0.118 e. The second-order valence-corrected chi connectivity index (χ2v) is 6.31. The quantitative estimate of drug-likeness (QED) is 0.814. The third kappa shape index (κ3) is 3.30. The van der Waals surface area contributed by atoms with E-state index in [-0.39, 0.29) is 0 Å². The van der Waals surface area contributed by atoms with Crippen LogP contribution >= 0.6 is 0 Å². The lowest BCUT2D eigenvalue weighted by molar-refractivity contribution is 0.0195. The minimum Gasteiger partial charge on any atom is -0.497 e. The summed E-state index contributed by atoms with van der Waals surface area (Å²) in [5, 5.41) is 3.62. The molecule has 3 heteroatoms. The molecular weight excluding hydrogens is 260 g/mol. The number of piperidine rings is 3. The minimum atomic E-state index is 0.707. The van der Waals surface area contributed by atoms with Gasteiger partial charge in [0.15, 0.2) is 0 Å². The van der Waals surface area contributed by atoms with E-state index in [0.717, 1.165) is 30.7 Å². The Bertz CT molecular complexity index is 471. The van der Waals surface area contributed by atoms with Gasteiger partial charge in [-0.05, 0) is 48.9 Å². The van der Waals surface area contributed by atoms with Crippen LogP contribution < -0.4 is 10.1 Å². The highest BCUT2D eigenvalue weighted by atomic mass is 16.5. The molecule has 1 aromatic rings. The second kappa shape index (κ2) is 6.63. The van der Waals surface area contributed by atoms with Crippen LogP contribution in [0.2, 0.25) is 0 Å². The van der Waals surface area contributed by atoms with E-state index in [9.17, 15) is 0 Å². The van der Waals surface area contributed by atoms with Crippen LogP contribution in [0.5, 0.6) is 5.75 Å². The summed E-state index contributed by atoms with van der Waals surface area (Å²) in [5.41, 5.74) is 1.32. The first-order valence-electron chi connectivity index (χ1n) is 8.00. The molecule has 0 saturated carbocycles. The third-order valence-corrected chi connectivity index (χ3v) is 5.10. The molecule has 21 heavy (non-hydrogen) atoms. The third-order valence-electron chi connectivity index (χ3n) is 5.10. The number of rotatable bonds is 6. The number of nitrogens with one attached hydrogen (secondary N) is 1. The monoisotopic (exact) mass is 286 g/mol. The van der Waals surface area contributed by atoms with Crippen molar-refractivity contribution in [2.45, 2.75) is 25.4 Å². The highest BCUT2D eigenvalue weighted by Crippen LogP contribution is 2.36. The molecule has 3 heterocycles. The summed E-state index contributed by atoms with van der Waals surface area (Å²) in [6.07, 6.45) is 4.84. The SMILES string of the molecule is C=C[C@H]1CN2CC[C@@H]1C[C@H]2CNCc1ccc(OC)cc1. The molecule has 1 N–H and O–H groups in total. The summed E-state index contributed by atoms with van der Waals surface area (Å²) in [6.45, 7) is 8.49. The van der Waals surface area contributed by atoms with Crippen molar-refractivity contribution < 1.29 is 4.74 Å². The standard InChI is InChI=1S/C18H26N2O/c1-3-15-13-20-9-8-16(15)10-17(20)12-19-11-14-4-6-18(21-2)7-5-14/h3-7,15-17,19H,1,8-13H2,2H3/t15-,16+,17-/m0/s1. The molecule has 0 radical (unpaired) electrons. The van der Waals surface area contributed by atoms with Gasteiger partial charge < -0.3 is 10.1 Å². The van der Waals surface area contributed by atoms with Gasteiger partial charge in [-0.25, -0.2) is 0 Å². The van der Waals surface area contributed by atoms with Gasteiger partial charge in [0, 0.05) is 25.7 Å². The Labute approximate surface area is 128 Å². The van der Waals surface area contributed by atoms with Crippen LogP contribution in [0.3, 0.4) is 0 Å². The van der Waals surface area contributed by atoms with Gasteiger partial charge >= 0.3 is 0 Å². The van der Waals surface area contributed by atoms with E-state index in [1.54, 1.807) is 7.11 Å². The molecule has 3 nitrogen and oxygen atoms in total. The van der Waals surface area contributed by atoms with Gasteiger partial charge in [0.25, 0.3) is 0 Å². The maximum absolute atomic E-state index is 5.19. The van der Waals surface area contributed by atoms with E-state index < -0.39 is 0 Å².